The second-order valence-electron chi connectivity index (χ2n) is 5.22. The van der Waals surface area contributed by atoms with Crippen molar-refractivity contribution < 1.29 is 9.90 Å². The Kier molecular flexibility index (Phi) is 4.74. The minimum Gasteiger partial charge on any atom is -0.394 e. The number of aliphatic hydroxyl groups is 1. The molecule has 1 aliphatic carbocycles. The maximum Gasteiger partial charge on any atom is 0.240 e. The largest absolute Gasteiger partial charge is 0.394 e. The first-order valence-corrected chi connectivity index (χ1v) is 6.20. The van der Waals surface area contributed by atoms with Crippen LogP contribution in [0, 0.1) is 5.92 Å². The van der Waals surface area contributed by atoms with Crippen LogP contribution in [0.25, 0.3) is 0 Å². The van der Waals surface area contributed by atoms with Gasteiger partial charge in [-0.25, -0.2) is 0 Å². The zero-order valence-corrected chi connectivity index (χ0v) is 10.3. The predicted octanol–water partition coefficient (Wildman–Crippen LogP) is 0.781. The van der Waals surface area contributed by atoms with Gasteiger partial charge >= 0.3 is 0 Å². The Balaban J connectivity index is 2.55. The number of nitrogens with two attached hydrogens (primary N) is 1. The van der Waals surface area contributed by atoms with E-state index in [0.717, 1.165) is 25.7 Å². The minimum atomic E-state index is -0.708. The molecule has 0 radical (unpaired) electrons. The van der Waals surface area contributed by atoms with Crippen LogP contribution >= 0.6 is 0 Å². The molecule has 0 bridgehead atoms. The van der Waals surface area contributed by atoms with Gasteiger partial charge in [0, 0.05) is 0 Å². The van der Waals surface area contributed by atoms with Crippen LogP contribution in [0.4, 0.5) is 0 Å². The lowest BCUT2D eigenvalue weighted by molar-refractivity contribution is -0.128. The van der Waals surface area contributed by atoms with Crippen molar-refractivity contribution in [2.75, 3.05) is 6.61 Å². The highest BCUT2D eigenvalue weighted by Crippen LogP contribution is 2.26. The van der Waals surface area contributed by atoms with Crippen molar-refractivity contribution >= 4 is 5.91 Å². The molecule has 1 amide bonds. The zero-order valence-electron chi connectivity index (χ0n) is 10.3. The lowest BCUT2D eigenvalue weighted by atomic mass is 9.81. The van der Waals surface area contributed by atoms with E-state index in [0.29, 0.717) is 0 Å². The first-order valence-electron chi connectivity index (χ1n) is 6.20. The third-order valence-corrected chi connectivity index (χ3v) is 3.52. The molecule has 0 heterocycles. The van der Waals surface area contributed by atoms with Crippen molar-refractivity contribution in [3.63, 3.8) is 0 Å². The highest BCUT2D eigenvalue weighted by atomic mass is 16.3. The molecule has 1 fully saturated rings. The molecule has 1 aliphatic rings. The Morgan fingerprint density at radius 3 is 2.38 bits per heavy atom. The molecule has 0 aliphatic heterocycles. The summed E-state index contributed by atoms with van der Waals surface area (Å²) in [5, 5.41) is 12.0. The van der Waals surface area contributed by atoms with E-state index in [4.69, 9.17) is 5.73 Å². The topological polar surface area (TPSA) is 75.3 Å². The summed E-state index contributed by atoms with van der Waals surface area (Å²) in [4.78, 5) is 12.0. The fraction of sp³-hybridized carbons (Fsp3) is 0.917. The number of amides is 1. The molecule has 0 unspecified atom stereocenters. The number of aliphatic hydroxyl groups excluding tert-OH is 1. The highest BCUT2D eigenvalue weighted by Gasteiger charge is 2.36. The number of rotatable bonds is 4. The van der Waals surface area contributed by atoms with Crippen molar-refractivity contribution in [3.8, 4) is 0 Å². The first kappa shape index (κ1) is 13.5. The van der Waals surface area contributed by atoms with E-state index < -0.39 is 5.54 Å². The molecule has 1 rings (SSSR count). The van der Waals surface area contributed by atoms with E-state index in [9.17, 15) is 9.90 Å². The number of carbonyl (C=O) groups excluding carboxylic acids is 1. The van der Waals surface area contributed by atoms with Gasteiger partial charge in [0.15, 0.2) is 0 Å². The van der Waals surface area contributed by atoms with Gasteiger partial charge in [0.2, 0.25) is 5.91 Å². The molecule has 0 aromatic heterocycles. The lowest BCUT2D eigenvalue weighted by Gasteiger charge is -2.34. The van der Waals surface area contributed by atoms with Gasteiger partial charge in [-0.2, -0.15) is 0 Å². The van der Waals surface area contributed by atoms with Crippen LogP contribution in [-0.4, -0.2) is 29.2 Å². The van der Waals surface area contributed by atoms with Crippen LogP contribution in [0.3, 0.4) is 0 Å². The smallest absolute Gasteiger partial charge is 0.240 e. The standard InChI is InChI=1S/C12H24N2O2/c1-9(2)10(8-15)14-11(16)12(13)6-4-3-5-7-12/h9-10,15H,3-8,13H2,1-2H3,(H,14,16)/t10-/m1/s1. The molecule has 0 aromatic carbocycles. The van der Waals surface area contributed by atoms with Crippen molar-refractivity contribution in [3.05, 3.63) is 0 Å². The number of nitrogens with one attached hydrogen (secondary N) is 1. The van der Waals surface area contributed by atoms with E-state index in [1.807, 2.05) is 13.8 Å². The second kappa shape index (κ2) is 5.64. The van der Waals surface area contributed by atoms with Gasteiger partial charge in [0.05, 0.1) is 18.2 Å². The van der Waals surface area contributed by atoms with Gasteiger partial charge in [-0.05, 0) is 18.8 Å². The number of hydrogen-bond acceptors (Lipinski definition) is 3. The summed E-state index contributed by atoms with van der Waals surface area (Å²) < 4.78 is 0. The van der Waals surface area contributed by atoms with Gasteiger partial charge in [-0.3, -0.25) is 4.79 Å². The maximum atomic E-state index is 12.0. The van der Waals surface area contributed by atoms with Gasteiger partial charge in [-0.15, -0.1) is 0 Å². The Bertz CT molecular complexity index is 235. The lowest BCUT2D eigenvalue weighted by Crippen LogP contribution is -2.58. The molecule has 94 valence electrons. The average molecular weight is 228 g/mol. The molecule has 4 nitrogen and oxygen atoms in total. The summed E-state index contributed by atoms with van der Waals surface area (Å²) in [5.41, 5.74) is 5.40. The third kappa shape index (κ3) is 3.19. The van der Waals surface area contributed by atoms with Crippen LogP contribution in [-0.2, 0) is 4.79 Å². The van der Waals surface area contributed by atoms with E-state index in [1.165, 1.54) is 6.42 Å². The minimum absolute atomic E-state index is 0.0283. The Morgan fingerprint density at radius 1 is 1.38 bits per heavy atom. The van der Waals surface area contributed by atoms with Gasteiger partial charge in [-0.1, -0.05) is 33.1 Å². The summed E-state index contributed by atoms with van der Waals surface area (Å²) >= 11 is 0. The summed E-state index contributed by atoms with van der Waals surface area (Å²) in [6.07, 6.45) is 4.73. The molecule has 0 spiro atoms. The average Bonchev–Trinajstić information content (AvgIpc) is 2.26. The van der Waals surface area contributed by atoms with E-state index in [-0.39, 0.29) is 24.5 Å². The molecule has 4 heteroatoms. The molecule has 16 heavy (non-hydrogen) atoms. The molecule has 0 aromatic rings. The summed E-state index contributed by atoms with van der Waals surface area (Å²) in [7, 11) is 0. The molecule has 0 saturated heterocycles. The number of hydrogen-bond donors (Lipinski definition) is 3. The fourth-order valence-corrected chi connectivity index (χ4v) is 2.14. The SMILES string of the molecule is CC(C)[C@@H](CO)NC(=O)C1(N)CCCCC1. The summed E-state index contributed by atoms with van der Waals surface area (Å²) in [5.74, 6) is 0.126. The van der Waals surface area contributed by atoms with Crippen LogP contribution in [0.1, 0.15) is 46.0 Å². The normalized spacial score (nSPS) is 21.8. The maximum absolute atomic E-state index is 12.0. The van der Waals surface area contributed by atoms with Crippen LogP contribution in [0.2, 0.25) is 0 Å². The van der Waals surface area contributed by atoms with Gasteiger partial charge < -0.3 is 16.2 Å². The van der Waals surface area contributed by atoms with Crippen molar-refractivity contribution in [2.45, 2.75) is 57.5 Å². The molecular weight excluding hydrogens is 204 g/mol. The van der Waals surface area contributed by atoms with E-state index in [1.54, 1.807) is 0 Å². The molecule has 1 atom stereocenters. The summed E-state index contributed by atoms with van der Waals surface area (Å²) in [6.45, 7) is 3.93. The monoisotopic (exact) mass is 228 g/mol. The van der Waals surface area contributed by atoms with Crippen LogP contribution in [0.15, 0.2) is 0 Å². The molecule has 1 saturated carbocycles. The Labute approximate surface area is 97.6 Å². The third-order valence-electron chi connectivity index (χ3n) is 3.52. The molecular formula is C12H24N2O2. The quantitative estimate of drug-likeness (QED) is 0.665. The second-order valence-corrected chi connectivity index (χ2v) is 5.22. The first-order chi connectivity index (χ1) is 7.49. The van der Waals surface area contributed by atoms with Gasteiger partial charge in [0.25, 0.3) is 0 Å². The van der Waals surface area contributed by atoms with Gasteiger partial charge in [0.1, 0.15) is 0 Å². The predicted molar refractivity (Wildman–Crippen MR) is 63.9 cm³/mol. The van der Waals surface area contributed by atoms with E-state index in [2.05, 4.69) is 5.32 Å². The van der Waals surface area contributed by atoms with Crippen LogP contribution < -0.4 is 11.1 Å². The summed E-state index contributed by atoms with van der Waals surface area (Å²) in [6, 6.07) is -0.185. The van der Waals surface area contributed by atoms with Crippen molar-refractivity contribution in [1.29, 1.82) is 0 Å². The van der Waals surface area contributed by atoms with Crippen LogP contribution in [0.5, 0.6) is 0 Å². The van der Waals surface area contributed by atoms with Crippen molar-refractivity contribution in [2.24, 2.45) is 11.7 Å². The zero-order chi connectivity index (χ0) is 12.2. The fourth-order valence-electron chi connectivity index (χ4n) is 2.14. The number of carbonyl (C=O) groups is 1. The Hall–Kier alpha value is -0.610. The van der Waals surface area contributed by atoms with Crippen molar-refractivity contribution in [1.82, 2.24) is 5.32 Å². The Morgan fingerprint density at radius 2 is 1.94 bits per heavy atom. The highest BCUT2D eigenvalue weighted by molar-refractivity contribution is 5.86. The van der Waals surface area contributed by atoms with E-state index >= 15 is 0 Å². The molecule has 4 N–H and O–H groups in total.